The normalized spacial score (nSPS) is 11.9. The fourth-order valence-electron chi connectivity index (χ4n) is 3.22. The number of benzene rings is 2. The first-order valence-corrected chi connectivity index (χ1v) is 8.24. The van der Waals surface area contributed by atoms with E-state index in [1.165, 1.54) is 6.07 Å². The van der Waals surface area contributed by atoms with Crippen molar-refractivity contribution in [3.63, 3.8) is 0 Å². The van der Waals surface area contributed by atoms with Crippen LogP contribution in [0.4, 0.5) is 4.39 Å². The van der Waals surface area contributed by atoms with E-state index in [0.29, 0.717) is 39.1 Å². The summed E-state index contributed by atoms with van der Waals surface area (Å²) in [5.74, 6) is -1.31. The van der Waals surface area contributed by atoms with Crippen molar-refractivity contribution in [1.82, 2.24) is 9.55 Å². The first-order chi connectivity index (χ1) is 12.5. The summed E-state index contributed by atoms with van der Waals surface area (Å²) in [5.41, 5.74) is 2.20. The Morgan fingerprint density at radius 1 is 1.21 bits per heavy atom. The number of carboxylic acids is 1. The van der Waals surface area contributed by atoms with E-state index in [0.717, 1.165) is 0 Å². The second kappa shape index (κ2) is 8.96. The van der Waals surface area contributed by atoms with Gasteiger partial charge in [0.1, 0.15) is 17.3 Å². The van der Waals surface area contributed by atoms with E-state index in [1.807, 2.05) is 0 Å². The van der Waals surface area contributed by atoms with Gasteiger partial charge in [-0.3, -0.25) is 9.56 Å². The summed E-state index contributed by atoms with van der Waals surface area (Å²) in [7, 11) is 0. The van der Waals surface area contributed by atoms with E-state index in [2.05, 4.69) is 9.98 Å². The van der Waals surface area contributed by atoms with Crippen molar-refractivity contribution in [2.45, 2.75) is 13.5 Å². The van der Waals surface area contributed by atoms with Crippen LogP contribution >= 0.6 is 11.6 Å². The van der Waals surface area contributed by atoms with Crippen LogP contribution in [0.1, 0.15) is 33.1 Å². The third-order valence-electron chi connectivity index (χ3n) is 4.30. The summed E-state index contributed by atoms with van der Waals surface area (Å²) in [6.07, 6.45) is 0. The minimum atomic E-state index is -1.37. The summed E-state index contributed by atoms with van der Waals surface area (Å²) in [5, 5.41) is 11.9. The predicted molar refractivity (Wildman–Crippen MR) is 97.0 cm³/mol. The third-order valence-corrected chi connectivity index (χ3v) is 4.54. The molecule has 6 nitrogen and oxygen atoms in total. The number of carbonyl (C=O) groups excluding carboxylic acids is 1. The number of fused-ring (bicyclic) bond motifs is 3. The average Bonchev–Trinajstić information content (AvgIpc) is 2.84. The number of halogens is 2. The SMILES string of the molecule is Cc1nc(C(=O)[O-])c2n1-c1ccc(Cl)cc1C(c1ccccc1F)=NC2.O.[K+]. The van der Waals surface area contributed by atoms with Crippen LogP contribution in [0.5, 0.6) is 0 Å². The Hall–Kier alpha value is -1.39. The van der Waals surface area contributed by atoms with Crippen LogP contribution in [0.2, 0.25) is 5.02 Å². The number of imidazole rings is 1. The van der Waals surface area contributed by atoms with Crippen LogP contribution in [0.25, 0.3) is 5.69 Å². The molecule has 0 unspecified atom stereocenters. The molecule has 0 bridgehead atoms. The Morgan fingerprint density at radius 2 is 1.93 bits per heavy atom. The molecule has 2 aromatic carbocycles. The third kappa shape index (κ3) is 3.86. The predicted octanol–water partition coefficient (Wildman–Crippen LogP) is -1.13. The minimum absolute atomic E-state index is 0. The quantitative estimate of drug-likeness (QED) is 0.485. The molecular weight excluding hydrogens is 412 g/mol. The Kier molecular flexibility index (Phi) is 7.32. The molecule has 0 saturated heterocycles. The monoisotopic (exact) mass is 425 g/mol. The van der Waals surface area contributed by atoms with Crippen molar-refractivity contribution in [2.75, 3.05) is 0 Å². The zero-order valence-electron chi connectivity index (χ0n) is 15.2. The maximum atomic E-state index is 14.4. The van der Waals surface area contributed by atoms with Crippen LogP contribution in [0, 0.1) is 12.7 Å². The summed E-state index contributed by atoms with van der Waals surface area (Å²) < 4.78 is 16.1. The number of aromatic carboxylic acids is 1. The van der Waals surface area contributed by atoms with Gasteiger partial charge >= 0.3 is 51.4 Å². The van der Waals surface area contributed by atoms with E-state index >= 15 is 0 Å². The van der Waals surface area contributed by atoms with Crippen LogP contribution in [-0.2, 0) is 6.54 Å². The Bertz CT molecular complexity index is 1100. The molecular formula is C19H14ClFKN3O3. The first kappa shape index (κ1) is 22.9. The number of nitrogens with zero attached hydrogens (tertiary/aromatic N) is 3. The van der Waals surface area contributed by atoms with E-state index < -0.39 is 11.8 Å². The molecule has 0 spiro atoms. The van der Waals surface area contributed by atoms with Crippen molar-refractivity contribution in [2.24, 2.45) is 4.99 Å². The van der Waals surface area contributed by atoms with Gasteiger partial charge in [-0.2, -0.15) is 0 Å². The largest absolute Gasteiger partial charge is 1.00 e. The Balaban J connectivity index is 0.00000140. The molecule has 1 aliphatic rings. The summed E-state index contributed by atoms with van der Waals surface area (Å²) >= 11 is 6.17. The van der Waals surface area contributed by atoms with E-state index in [-0.39, 0.29) is 69.1 Å². The van der Waals surface area contributed by atoms with Crippen molar-refractivity contribution in [1.29, 1.82) is 0 Å². The average molecular weight is 426 g/mol. The first-order valence-electron chi connectivity index (χ1n) is 7.86. The van der Waals surface area contributed by atoms with E-state index in [4.69, 9.17) is 11.6 Å². The van der Waals surface area contributed by atoms with Gasteiger partial charge in [-0.25, -0.2) is 9.37 Å². The molecule has 4 rings (SSSR count). The topological polar surface area (TPSA) is 102 Å². The Morgan fingerprint density at radius 3 is 2.61 bits per heavy atom. The molecule has 0 saturated carbocycles. The fourth-order valence-corrected chi connectivity index (χ4v) is 3.39. The molecule has 3 aromatic rings. The molecule has 0 aliphatic carbocycles. The zero-order valence-corrected chi connectivity index (χ0v) is 19.0. The van der Waals surface area contributed by atoms with Gasteiger partial charge in [0.2, 0.25) is 0 Å². The number of aromatic nitrogens is 2. The zero-order chi connectivity index (χ0) is 18.4. The van der Waals surface area contributed by atoms with Gasteiger partial charge in [0.05, 0.1) is 29.6 Å². The smallest absolute Gasteiger partial charge is 0.543 e. The molecule has 0 radical (unpaired) electrons. The van der Waals surface area contributed by atoms with Gasteiger partial charge in [-0.15, -0.1) is 0 Å². The fraction of sp³-hybridized carbons (Fsp3) is 0.105. The van der Waals surface area contributed by atoms with Crippen LogP contribution in [-0.4, -0.2) is 26.7 Å². The minimum Gasteiger partial charge on any atom is -0.543 e. The molecule has 0 amide bonds. The maximum Gasteiger partial charge on any atom is 1.00 e. The molecule has 138 valence electrons. The Labute approximate surface area is 207 Å². The van der Waals surface area contributed by atoms with Crippen molar-refractivity contribution < 1.29 is 71.2 Å². The number of rotatable bonds is 2. The van der Waals surface area contributed by atoms with Gasteiger partial charge in [-0.05, 0) is 37.3 Å². The van der Waals surface area contributed by atoms with Gasteiger partial charge in [0, 0.05) is 16.1 Å². The molecule has 28 heavy (non-hydrogen) atoms. The molecule has 2 heterocycles. The number of carbonyl (C=O) groups is 1. The maximum absolute atomic E-state index is 14.4. The van der Waals surface area contributed by atoms with Crippen LogP contribution in [0.15, 0.2) is 47.5 Å². The van der Waals surface area contributed by atoms with E-state index in [9.17, 15) is 14.3 Å². The van der Waals surface area contributed by atoms with Crippen LogP contribution in [0.3, 0.4) is 0 Å². The summed E-state index contributed by atoms with van der Waals surface area (Å²) in [6, 6.07) is 11.4. The molecule has 0 atom stereocenters. The standard InChI is InChI=1S/C19H13ClFN3O2.K.H2O/c1-10-23-18(19(25)26)16-9-22-17(12-4-2-3-5-14(12)21)13-8-11(20)6-7-15(13)24(10)16;;/h2-8H,9H2,1H3,(H,25,26);;1H2/q;+1;/p-1. The van der Waals surface area contributed by atoms with Gasteiger partial charge in [-0.1, -0.05) is 23.7 Å². The molecule has 9 heteroatoms. The number of hydrogen-bond donors (Lipinski definition) is 0. The molecule has 1 aliphatic heterocycles. The summed E-state index contributed by atoms with van der Waals surface area (Å²) in [6.45, 7) is 1.72. The molecule has 0 fully saturated rings. The van der Waals surface area contributed by atoms with Gasteiger partial charge in [0.15, 0.2) is 0 Å². The van der Waals surface area contributed by atoms with Gasteiger partial charge in [0.25, 0.3) is 0 Å². The van der Waals surface area contributed by atoms with Crippen molar-refractivity contribution >= 4 is 23.3 Å². The second-order valence-electron chi connectivity index (χ2n) is 5.88. The number of hydrogen-bond acceptors (Lipinski definition) is 4. The molecule has 2 N–H and O–H groups in total. The van der Waals surface area contributed by atoms with Crippen molar-refractivity contribution in [3.8, 4) is 5.69 Å². The number of aliphatic imine (C=N–C) groups is 1. The number of carboxylic acid groups (broad SMARTS) is 1. The van der Waals surface area contributed by atoms with Gasteiger partial charge < -0.3 is 15.4 Å². The van der Waals surface area contributed by atoms with Crippen molar-refractivity contribution in [3.05, 3.63) is 81.6 Å². The summed E-state index contributed by atoms with van der Waals surface area (Å²) in [4.78, 5) is 20.0. The second-order valence-corrected chi connectivity index (χ2v) is 6.32. The van der Waals surface area contributed by atoms with E-state index in [1.54, 1.807) is 47.9 Å². The number of aryl methyl sites for hydroxylation is 1. The molecule has 1 aromatic heterocycles. The van der Waals surface area contributed by atoms with Crippen LogP contribution < -0.4 is 56.5 Å².